The van der Waals surface area contributed by atoms with Crippen LogP contribution in [0.3, 0.4) is 0 Å². The van der Waals surface area contributed by atoms with E-state index in [1.165, 1.54) is 38.8 Å². The minimum Gasteiger partial charge on any atom is -0.462 e. The number of esters is 1. The Morgan fingerprint density at radius 3 is 2.10 bits per heavy atom. The molecule has 0 saturated carbocycles. The Balaban J connectivity index is 0.00000210. The molecule has 3 rings (SSSR count). The molecular formula is C22H36Cl2N2O3. The zero-order valence-corrected chi connectivity index (χ0v) is 18.9. The number of benzene rings is 1. The van der Waals surface area contributed by atoms with Crippen molar-refractivity contribution in [2.75, 3.05) is 52.5 Å². The largest absolute Gasteiger partial charge is 0.462 e. The number of piperidine rings is 2. The molecule has 2 aliphatic heterocycles. The SMILES string of the molecule is Cl.Cl.O=C(OCCOCCN1CCCCC1)C(c1ccccc1)N1CCCCC1. The average Bonchev–Trinajstić information content (AvgIpc) is 2.73. The van der Waals surface area contributed by atoms with Gasteiger partial charge in [-0.2, -0.15) is 0 Å². The summed E-state index contributed by atoms with van der Waals surface area (Å²) < 4.78 is 11.3. The minimum atomic E-state index is -0.292. The van der Waals surface area contributed by atoms with Gasteiger partial charge in [0, 0.05) is 6.54 Å². The van der Waals surface area contributed by atoms with E-state index in [1.54, 1.807) is 0 Å². The molecule has 2 fully saturated rings. The lowest BCUT2D eigenvalue weighted by Gasteiger charge is -2.33. The van der Waals surface area contributed by atoms with E-state index in [1.807, 2.05) is 30.3 Å². The lowest BCUT2D eigenvalue weighted by Crippen LogP contribution is -2.39. The highest BCUT2D eigenvalue weighted by Crippen LogP contribution is 2.25. The van der Waals surface area contributed by atoms with Gasteiger partial charge in [-0.15, -0.1) is 24.8 Å². The lowest BCUT2D eigenvalue weighted by atomic mass is 10.0. The van der Waals surface area contributed by atoms with Gasteiger partial charge in [0.05, 0.1) is 13.2 Å². The number of halogens is 2. The van der Waals surface area contributed by atoms with Crippen LogP contribution < -0.4 is 0 Å². The predicted octanol–water partition coefficient (Wildman–Crippen LogP) is 4.10. The summed E-state index contributed by atoms with van der Waals surface area (Å²) in [5.41, 5.74) is 1.02. The van der Waals surface area contributed by atoms with Crippen molar-refractivity contribution in [3.05, 3.63) is 35.9 Å². The highest BCUT2D eigenvalue weighted by molar-refractivity contribution is 5.85. The van der Waals surface area contributed by atoms with E-state index < -0.39 is 0 Å². The third-order valence-corrected chi connectivity index (χ3v) is 5.57. The maximum absolute atomic E-state index is 12.8. The molecule has 0 bridgehead atoms. The zero-order valence-electron chi connectivity index (χ0n) is 17.3. The number of carbonyl (C=O) groups excluding carboxylic acids is 1. The van der Waals surface area contributed by atoms with Gasteiger partial charge in [-0.25, -0.2) is 4.79 Å². The quantitative estimate of drug-likeness (QED) is 0.421. The molecular weight excluding hydrogens is 411 g/mol. The summed E-state index contributed by atoms with van der Waals surface area (Å²) in [4.78, 5) is 17.5. The van der Waals surface area contributed by atoms with Crippen LogP contribution in [0.5, 0.6) is 0 Å². The maximum Gasteiger partial charge on any atom is 0.328 e. The molecule has 0 aromatic heterocycles. The molecule has 0 radical (unpaired) electrons. The van der Waals surface area contributed by atoms with E-state index in [0.29, 0.717) is 19.8 Å². The van der Waals surface area contributed by atoms with Crippen LogP contribution in [0.1, 0.15) is 50.1 Å². The Kier molecular flexibility index (Phi) is 13.6. The van der Waals surface area contributed by atoms with E-state index in [-0.39, 0.29) is 36.8 Å². The monoisotopic (exact) mass is 446 g/mol. The summed E-state index contributed by atoms with van der Waals surface area (Å²) in [6.45, 7) is 6.79. The minimum absolute atomic E-state index is 0. The van der Waals surface area contributed by atoms with Crippen molar-refractivity contribution in [3.8, 4) is 0 Å². The third-order valence-electron chi connectivity index (χ3n) is 5.57. The zero-order chi connectivity index (χ0) is 18.7. The summed E-state index contributed by atoms with van der Waals surface area (Å²) in [5, 5.41) is 0. The van der Waals surface area contributed by atoms with Crippen LogP contribution in [0.4, 0.5) is 0 Å². The molecule has 0 aliphatic carbocycles. The fourth-order valence-corrected chi connectivity index (χ4v) is 4.07. The number of carbonyl (C=O) groups is 1. The van der Waals surface area contributed by atoms with Gasteiger partial charge >= 0.3 is 5.97 Å². The van der Waals surface area contributed by atoms with Crippen molar-refractivity contribution in [2.24, 2.45) is 0 Å². The highest BCUT2D eigenvalue weighted by Gasteiger charge is 2.29. The Morgan fingerprint density at radius 1 is 0.828 bits per heavy atom. The second-order valence-electron chi connectivity index (χ2n) is 7.59. The van der Waals surface area contributed by atoms with Gasteiger partial charge in [0.25, 0.3) is 0 Å². The molecule has 5 nitrogen and oxygen atoms in total. The summed E-state index contributed by atoms with van der Waals surface area (Å²) in [6, 6.07) is 9.72. The van der Waals surface area contributed by atoms with Crippen LogP contribution in [0.15, 0.2) is 30.3 Å². The Bertz CT molecular complexity index is 550. The van der Waals surface area contributed by atoms with E-state index >= 15 is 0 Å². The molecule has 2 heterocycles. The number of likely N-dealkylation sites (tertiary alicyclic amines) is 2. The molecule has 29 heavy (non-hydrogen) atoms. The van der Waals surface area contributed by atoms with Gasteiger partial charge in [-0.1, -0.05) is 43.2 Å². The third kappa shape index (κ3) is 8.81. The number of ether oxygens (including phenoxy) is 2. The summed E-state index contributed by atoms with van der Waals surface area (Å²) in [6.07, 6.45) is 7.50. The standard InChI is InChI=1S/C22H34N2O3.2ClH/c25-22(27-19-18-26-17-16-23-12-6-2-7-13-23)21(20-10-4-1-5-11-20)24-14-8-3-9-15-24;;/h1,4-5,10-11,21H,2-3,6-9,12-19H2;2*1H. The van der Waals surface area contributed by atoms with Crippen molar-refractivity contribution in [3.63, 3.8) is 0 Å². The second kappa shape index (κ2) is 15.0. The first kappa shape index (κ1) is 26.2. The normalized spacial score (nSPS) is 18.9. The van der Waals surface area contributed by atoms with Crippen LogP contribution >= 0.6 is 24.8 Å². The lowest BCUT2D eigenvalue weighted by molar-refractivity contribution is -0.152. The molecule has 1 aromatic carbocycles. The molecule has 2 saturated heterocycles. The van der Waals surface area contributed by atoms with Crippen LogP contribution in [0, 0.1) is 0 Å². The van der Waals surface area contributed by atoms with Crippen LogP contribution in [0.2, 0.25) is 0 Å². The number of nitrogens with zero attached hydrogens (tertiary/aromatic N) is 2. The Morgan fingerprint density at radius 2 is 1.45 bits per heavy atom. The van der Waals surface area contributed by atoms with Crippen molar-refractivity contribution in [2.45, 2.75) is 44.6 Å². The first-order valence-corrected chi connectivity index (χ1v) is 10.6. The molecule has 2 aliphatic rings. The fraction of sp³-hybridized carbons (Fsp3) is 0.682. The topological polar surface area (TPSA) is 42.0 Å². The van der Waals surface area contributed by atoms with E-state index in [9.17, 15) is 4.79 Å². The average molecular weight is 447 g/mol. The van der Waals surface area contributed by atoms with Gasteiger partial charge in [0.15, 0.2) is 0 Å². The summed E-state index contributed by atoms with van der Waals surface area (Å²) >= 11 is 0. The molecule has 0 spiro atoms. The molecule has 0 amide bonds. The first-order chi connectivity index (χ1) is 13.3. The van der Waals surface area contributed by atoms with Crippen molar-refractivity contribution < 1.29 is 14.3 Å². The van der Waals surface area contributed by atoms with Gasteiger partial charge in [0.1, 0.15) is 12.6 Å². The second-order valence-corrected chi connectivity index (χ2v) is 7.59. The number of hydrogen-bond acceptors (Lipinski definition) is 5. The fourth-order valence-electron chi connectivity index (χ4n) is 4.07. The van der Waals surface area contributed by atoms with E-state index in [4.69, 9.17) is 9.47 Å². The van der Waals surface area contributed by atoms with Crippen LogP contribution in [-0.2, 0) is 14.3 Å². The predicted molar refractivity (Wildman–Crippen MR) is 121 cm³/mol. The summed E-state index contributed by atoms with van der Waals surface area (Å²) in [5.74, 6) is -0.150. The first-order valence-electron chi connectivity index (χ1n) is 10.6. The van der Waals surface area contributed by atoms with E-state index in [0.717, 1.165) is 38.0 Å². The van der Waals surface area contributed by atoms with Crippen LogP contribution in [0.25, 0.3) is 0 Å². The Hall–Kier alpha value is -0.850. The van der Waals surface area contributed by atoms with Crippen molar-refractivity contribution >= 4 is 30.8 Å². The number of rotatable bonds is 9. The summed E-state index contributed by atoms with van der Waals surface area (Å²) in [7, 11) is 0. The molecule has 1 unspecified atom stereocenters. The van der Waals surface area contributed by atoms with Gasteiger partial charge in [-0.3, -0.25) is 4.90 Å². The Labute approximate surface area is 187 Å². The molecule has 1 aromatic rings. The highest BCUT2D eigenvalue weighted by atomic mass is 35.5. The van der Waals surface area contributed by atoms with Crippen molar-refractivity contribution in [1.29, 1.82) is 0 Å². The van der Waals surface area contributed by atoms with Gasteiger partial charge < -0.3 is 14.4 Å². The van der Waals surface area contributed by atoms with E-state index in [2.05, 4.69) is 9.80 Å². The molecule has 166 valence electrons. The maximum atomic E-state index is 12.8. The molecule has 1 atom stereocenters. The van der Waals surface area contributed by atoms with Gasteiger partial charge in [0.2, 0.25) is 0 Å². The smallest absolute Gasteiger partial charge is 0.328 e. The van der Waals surface area contributed by atoms with Crippen LogP contribution in [-0.4, -0.2) is 68.3 Å². The molecule has 7 heteroatoms. The van der Waals surface area contributed by atoms with Crippen molar-refractivity contribution in [1.82, 2.24) is 9.80 Å². The number of hydrogen-bond donors (Lipinski definition) is 0. The van der Waals surface area contributed by atoms with Gasteiger partial charge in [-0.05, 0) is 57.4 Å². The molecule has 0 N–H and O–H groups in total.